The standard InChI is InChI=1S/C14H23N3O/c1-17-8-4-10-18-9-3-7-15-11-13-5-2-6-14(12-17)16-13/h2,5-6,15H,3-4,7-12H2,1H3. The zero-order valence-corrected chi connectivity index (χ0v) is 11.2. The average Bonchev–Trinajstić information content (AvgIpc) is 2.36. The van der Waals surface area contributed by atoms with Gasteiger partial charge in [0, 0.05) is 32.8 Å². The van der Waals surface area contributed by atoms with Crippen molar-refractivity contribution in [3.8, 4) is 0 Å². The first kappa shape index (κ1) is 13.5. The van der Waals surface area contributed by atoms with E-state index in [-0.39, 0.29) is 0 Å². The summed E-state index contributed by atoms with van der Waals surface area (Å²) in [6, 6.07) is 6.28. The van der Waals surface area contributed by atoms with E-state index in [1.165, 1.54) is 0 Å². The predicted octanol–water partition coefficient (Wildman–Crippen LogP) is 1.41. The molecule has 1 aliphatic rings. The summed E-state index contributed by atoms with van der Waals surface area (Å²) in [5.74, 6) is 0. The van der Waals surface area contributed by atoms with Crippen LogP contribution in [0.1, 0.15) is 24.2 Å². The number of pyridine rings is 1. The van der Waals surface area contributed by atoms with E-state index < -0.39 is 0 Å². The van der Waals surface area contributed by atoms with E-state index in [1.54, 1.807) is 0 Å². The van der Waals surface area contributed by atoms with Crippen LogP contribution in [-0.2, 0) is 17.8 Å². The van der Waals surface area contributed by atoms with Crippen molar-refractivity contribution in [3.05, 3.63) is 29.6 Å². The molecule has 4 nitrogen and oxygen atoms in total. The topological polar surface area (TPSA) is 37.4 Å². The normalized spacial score (nSPS) is 20.3. The van der Waals surface area contributed by atoms with Crippen LogP contribution in [-0.4, -0.2) is 43.2 Å². The van der Waals surface area contributed by atoms with Crippen molar-refractivity contribution in [2.24, 2.45) is 0 Å². The Hall–Kier alpha value is -0.970. The van der Waals surface area contributed by atoms with Crippen molar-refractivity contribution < 1.29 is 4.74 Å². The van der Waals surface area contributed by atoms with Gasteiger partial charge in [-0.25, -0.2) is 0 Å². The minimum absolute atomic E-state index is 0.845. The molecule has 0 saturated heterocycles. The Morgan fingerprint density at radius 1 is 1.22 bits per heavy atom. The van der Waals surface area contributed by atoms with Crippen LogP contribution in [0.2, 0.25) is 0 Å². The molecule has 100 valence electrons. The highest BCUT2D eigenvalue weighted by atomic mass is 16.5. The highest BCUT2D eigenvalue weighted by molar-refractivity contribution is 5.11. The molecule has 2 rings (SSSR count). The van der Waals surface area contributed by atoms with Crippen LogP contribution in [0.15, 0.2) is 18.2 Å². The van der Waals surface area contributed by atoms with E-state index in [9.17, 15) is 0 Å². The number of aromatic nitrogens is 1. The Labute approximate surface area is 109 Å². The lowest BCUT2D eigenvalue weighted by Gasteiger charge is -2.17. The third-order valence-electron chi connectivity index (χ3n) is 3.07. The van der Waals surface area contributed by atoms with Crippen LogP contribution in [0, 0.1) is 0 Å². The highest BCUT2D eigenvalue weighted by Crippen LogP contribution is 2.04. The second kappa shape index (κ2) is 7.46. The minimum Gasteiger partial charge on any atom is -0.381 e. The van der Waals surface area contributed by atoms with Crippen LogP contribution >= 0.6 is 0 Å². The van der Waals surface area contributed by atoms with Crippen LogP contribution in [0.3, 0.4) is 0 Å². The molecule has 1 aromatic heterocycles. The Morgan fingerprint density at radius 3 is 3.00 bits per heavy atom. The largest absolute Gasteiger partial charge is 0.381 e. The molecule has 2 heterocycles. The van der Waals surface area contributed by atoms with Crippen LogP contribution in [0.4, 0.5) is 0 Å². The van der Waals surface area contributed by atoms with Gasteiger partial charge in [-0.15, -0.1) is 0 Å². The van der Waals surface area contributed by atoms with Crippen molar-refractivity contribution in [1.29, 1.82) is 0 Å². The van der Waals surface area contributed by atoms with Crippen molar-refractivity contribution in [1.82, 2.24) is 15.2 Å². The molecule has 0 atom stereocenters. The first-order valence-electron chi connectivity index (χ1n) is 6.76. The monoisotopic (exact) mass is 249 g/mol. The molecule has 1 aromatic rings. The van der Waals surface area contributed by atoms with Gasteiger partial charge in [-0.2, -0.15) is 0 Å². The van der Waals surface area contributed by atoms with Crippen molar-refractivity contribution >= 4 is 0 Å². The average molecular weight is 249 g/mol. The summed E-state index contributed by atoms with van der Waals surface area (Å²) in [6.45, 7) is 5.52. The molecule has 0 fully saturated rings. The second-order valence-electron chi connectivity index (χ2n) is 4.85. The van der Waals surface area contributed by atoms with Crippen molar-refractivity contribution in [2.75, 3.05) is 33.4 Å². The summed E-state index contributed by atoms with van der Waals surface area (Å²) in [5.41, 5.74) is 2.27. The van der Waals surface area contributed by atoms with Crippen LogP contribution in [0.25, 0.3) is 0 Å². The predicted molar refractivity (Wildman–Crippen MR) is 72.3 cm³/mol. The van der Waals surface area contributed by atoms with E-state index in [1.807, 2.05) is 0 Å². The summed E-state index contributed by atoms with van der Waals surface area (Å²) >= 11 is 0. The molecule has 1 N–H and O–H groups in total. The van der Waals surface area contributed by atoms with Gasteiger partial charge in [0.25, 0.3) is 0 Å². The number of fused-ring (bicyclic) bond motifs is 2. The maximum absolute atomic E-state index is 5.60. The van der Waals surface area contributed by atoms with Gasteiger partial charge in [-0.3, -0.25) is 4.98 Å². The Bertz CT molecular complexity index is 357. The third-order valence-corrected chi connectivity index (χ3v) is 3.07. The van der Waals surface area contributed by atoms with E-state index >= 15 is 0 Å². The van der Waals surface area contributed by atoms with Gasteiger partial charge in [0.2, 0.25) is 0 Å². The lowest BCUT2D eigenvalue weighted by molar-refractivity contribution is 0.120. The van der Waals surface area contributed by atoms with Gasteiger partial charge in [0.05, 0.1) is 11.4 Å². The zero-order chi connectivity index (χ0) is 12.6. The molecule has 18 heavy (non-hydrogen) atoms. The summed E-state index contributed by atoms with van der Waals surface area (Å²) in [4.78, 5) is 6.98. The molecule has 0 aromatic carbocycles. The Morgan fingerprint density at radius 2 is 2.06 bits per heavy atom. The molecule has 0 radical (unpaired) electrons. The van der Waals surface area contributed by atoms with E-state index in [4.69, 9.17) is 4.74 Å². The number of hydrogen-bond acceptors (Lipinski definition) is 4. The third kappa shape index (κ3) is 4.72. The molecule has 4 heteroatoms. The first-order chi connectivity index (χ1) is 8.84. The zero-order valence-electron chi connectivity index (χ0n) is 11.2. The van der Waals surface area contributed by atoms with Gasteiger partial charge in [-0.05, 0) is 38.6 Å². The van der Waals surface area contributed by atoms with Gasteiger partial charge in [-0.1, -0.05) is 6.07 Å². The fourth-order valence-corrected chi connectivity index (χ4v) is 2.13. The molecule has 0 amide bonds. The fourth-order valence-electron chi connectivity index (χ4n) is 2.13. The minimum atomic E-state index is 0.845. The van der Waals surface area contributed by atoms with Gasteiger partial charge in [0.1, 0.15) is 0 Å². The fraction of sp³-hybridized carbons (Fsp3) is 0.643. The summed E-state index contributed by atoms with van der Waals surface area (Å²) in [7, 11) is 2.14. The lowest BCUT2D eigenvalue weighted by atomic mass is 10.2. The molecule has 0 saturated carbocycles. The number of rotatable bonds is 0. The lowest BCUT2D eigenvalue weighted by Crippen LogP contribution is -2.23. The summed E-state index contributed by atoms with van der Waals surface area (Å²) < 4.78 is 5.60. The highest BCUT2D eigenvalue weighted by Gasteiger charge is 2.04. The number of hydrogen-bond donors (Lipinski definition) is 1. The van der Waals surface area contributed by atoms with Crippen molar-refractivity contribution in [3.63, 3.8) is 0 Å². The molecule has 2 bridgehead atoms. The quantitative estimate of drug-likeness (QED) is 0.754. The molecular formula is C14H23N3O. The number of ether oxygens (including phenoxy) is 1. The van der Waals surface area contributed by atoms with E-state index in [2.05, 4.69) is 40.4 Å². The summed E-state index contributed by atoms with van der Waals surface area (Å²) in [5, 5.41) is 3.40. The Balaban J connectivity index is 1.98. The number of nitrogens with one attached hydrogen (secondary N) is 1. The molecule has 0 spiro atoms. The SMILES string of the molecule is CN1CCCOCCCNCc2cccc(n2)C1. The molecule has 0 unspecified atom stereocenters. The van der Waals surface area contributed by atoms with Crippen LogP contribution < -0.4 is 5.32 Å². The molecule has 0 aliphatic carbocycles. The molecular weight excluding hydrogens is 226 g/mol. The molecule has 1 aliphatic heterocycles. The van der Waals surface area contributed by atoms with Crippen LogP contribution in [0.5, 0.6) is 0 Å². The Kier molecular flexibility index (Phi) is 5.58. The first-order valence-corrected chi connectivity index (χ1v) is 6.76. The van der Waals surface area contributed by atoms with E-state index in [0.29, 0.717) is 0 Å². The van der Waals surface area contributed by atoms with Crippen molar-refractivity contribution in [2.45, 2.75) is 25.9 Å². The van der Waals surface area contributed by atoms with Gasteiger partial charge < -0.3 is 15.0 Å². The smallest absolute Gasteiger partial charge is 0.0547 e. The second-order valence-corrected chi connectivity index (χ2v) is 4.85. The maximum Gasteiger partial charge on any atom is 0.0547 e. The summed E-state index contributed by atoms with van der Waals surface area (Å²) in [6.07, 6.45) is 2.15. The maximum atomic E-state index is 5.60. The van der Waals surface area contributed by atoms with E-state index in [0.717, 1.165) is 63.6 Å². The number of nitrogens with zero attached hydrogens (tertiary/aromatic N) is 2. The van der Waals surface area contributed by atoms with Gasteiger partial charge in [0.15, 0.2) is 0 Å². The van der Waals surface area contributed by atoms with Gasteiger partial charge >= 0.3 is 0 Å².